The summed E-state index contributed by atoms with van der Waals surface area (Å²) in [5, 5.41) is 2.58. The van der Waals surface area contributed by atoms with Crippen molar-refractivity contribution in [2.75, 3.05) is 0 Å². The molecule has 37 heavy (non-hydrogen) atoms. The van der Waals surface area contributed by atoms with Gasteiger partial charge in [0, 0.05) is 21.9 Å². The molecule has 1 saturated heterocycles. The van der Waals surface area contributed by atoms with Gasteiger partial charge in [-0.2, -0.15) is 0 Å². The van der Waals surface area contributed by atoms with Crippen LogP contribution < -0.4 is 5.46 Å². The number of hydrogen-bond acceptors (Lipinski definition) is 2. The van der Waals surface area contributed by atoms with Crippen LogP contribution in [0.2, 0.25) is 0 Å². The molecule has 0 atom stereocenters. The van der Waals surface area contributed by atoms with Crippen LogP contribution in [0.15, 0.2) is 84.9 Å². The molecular formula is C33H32BNO2. The number of rotatable bonds is 2. The van der Waals surface area contributed by atoms with E-state index in [1.54, 1.807) is 0 Å². The maximum atomic E-state index is 6.42. The van der Waals surface area contributed by atoms with E-state index < -0.39 is 0 Å². The SMILES string of the molecule is CC1(C)c2cc(B3OC(C)(C)C(C)(C)O3)ccc2-c2ccc3c4ccccc4n(-c4ccccc4)c3c21. The van der Waals surface area contributed by atoms with Crippen LogP contribution in [0.3, 0.4) is 0 Å². The maximum absolute atomic E-state index is 6.42. The zero-order chi connectivity index (χ0) is 25.7. The summed E-state index contributed by atoms with van der Waals surface area (Å²) in [6, 6.07) is 30.9. The summed E-state index contributed by atoms with van der Waals surface area (Å²) in [6.45, 7) is 13.2. The summed E-state index contributed by atoms with van der Waals surface area (Å²) in [5.74, 6) is 0. The fraction of sp³-hybridized carbons (Fsp3) is 0.273. The van der Waals surface area contributed by atoms with Gasteiger partial charge in [-0.3, -0.25) is 0 Å². The maximum Gasteiger partial charge on any atom is 0.494 e. The minimum absolute atomic E-state index is 0.190. The molecule has 0 amide bonds. The van der Waals surface area contributed by atoms with Crippen molar-refractivity contribution in [2.24, 2.45) is 0 Å². The summed E-state index contributed by atoms with van der Waals surface area (Å²) >= 11 is 0. The van der Waals surface area contributed by atoms with Crippen molar-refractivity contribution in [1.82, 2.24) is 4.57 Å². The molecule has 0 bridgehead atoms. The molecule has 1 aromatic heterocycles. The third-order valence-electron chi connectivity index (χ3n) is 9.01. The summed E-state index contributed by atoms with van der Waals surface area (Å²) < 4.78 is 15.3. The third kappa shape index (κ3) is 3.03. The van der Waals surface area contributed by atoms with Gasteiger partial charge in [0.1, 0.15) is 0 Å². The highest BCUT2D eigenvalue weighted by Crippen LogP contribution is 2.53. The zero-order valence-corrected chi connectivity index (χ0v) is 22.4. The fourth-order valence-corrected chi connectivity index (χ4v) is 6.33. The highest BCUT2D eigenvalue weighted by atomic mass is 16.7. The average Bonchev–Trinajstić information content (AvgIpc) is 3.41. The quantitative estimate of drug-likeness (QED) is 0.244. The van der Waals surface area contributed by atoms with Crippen LogP contribution in [0, 0.1) is 0 Å². The lowest BCUT2D eigenvalue weighted by atomic mass is 9.74. The Bertz CT molecular complexity index is 1700. The first kappa shape index (κ1) is 22.8. The minimum Gasteiger partial charge on any atom is -0.399 e. The zero-order valence-electron chi connectivity index (χ0n) is 22.4. The van der Waals surface area contributed by atoms with Crippen LogP contribution in [0.25, 0.3) is 38.6 Å². The van der Waals surface area contributed by atoms with Crippen LogP contribution in [-0.2, 0) is 14.7 Å². The molecule has 5 aromatic rings. The van der Waals surface area contributed by atoms with E-state index >= 15 is 0 Å². The first-order valence-corrected chi connectivity index (χ1v) is 13.2. The van der Waals surface area contributed by atoms with Crippen molar-refractivity contribution >= 4 is 34.4 Å². The van der Waals surface area contributed by atoms with Crippen LogP contribution >= 0.6 is 0 Å². The Balaban J connectivity index is 1.47. The highest BCUT2D eigenvalue weighted by Gasteiger charge is 2.52. The van der Waals surface area contributed by atoms with Gasteiger partial charge in [0.05, 0.1) is 22.2 Å². The molecule has 0 unspecified atom stereocenters. The lowest BCUT2D eigenvalue weighted by molar-refractivity contribution is 0.00578. The third-order valence-corrected chi connectivity index (χ3v) is 9.01. The normalized spacial score (nSPS) is 18.9. The molecule has 0 N–H and O–H groups in total. The minimum atomic E-state index is -0.370. The van der Waals surface area contributed by atoms with Crippen molar-refractivity contribution in [3.8, 4) is 16.8 Å². The Labute approximate surface area is 219 Å². The molecule has 2 aliphatic rings. The van der Waals surface area contributed by atoms with E-state index in [1.165, 1.54) is 49.7 Å². The Hall–Kier alpha value is -3.34. The van der Waals surface area contributed by atoms with Gasteiger partial charge < -0.3 is 13.9 Å². The summed E-state index contributed by atoms with van der Waals surface area (Å²) in [5.41, 5.74) is 9.20. The summed E-state index contributed by atoms with van der Waals surface area (Å²) in [6.07, 6.45) is 0. The van der Waals surface area contributed by atoms with E-state index in [-0.39, 0.29) is 23.7 Å². The number of para-hydroxylation sites is 2. The number of nitrogens with zero attached hydrogens (tertiary/aromatic N) is 1. The Morgan fingerprint density at radius 3 is 2.03 bits per heavy atom. The molecule has 0 saturated carbocycles. The summed E-state index contributed by atoms with van der Waals surface area (Å²) in [7, 11) is -0.370. The van der Waals surface area contributed by atoms with Gasteiger partial charge in [-0.05, 0) is 73.6 Å². The fourth-order valence-electron chi connectivity index (χ4n) is 6.33. The lowest BCUT2D eigenvalue weighted by Gasteiger charge is -2.32. The molecule has 1 aliphatic carbocycles. The molecule has 1 fully saturated rings. The predicted octanol–water partition coefficient (Wildman–Crippen LogP) is 7.39. The molecule has 1 aliphatic heterocycles. The van der Waals surface area contributed by atoms with E-state index in [4.69, 9.17) is 9.31 Å². The van der Waals surface area contributed by atoms with E-state index in [9.17, 15) is 0 Å². The van der Waals surface area contributed by atoms with Crippen molar-refractivity contribution in [1.29, 1.82) is 0 Å². The van der Waals surface area contributed by atoms with E-state index in [0.29, 0.717) is 0 Å². The molecule has 4 heteroatoms. The smallest absolute Gasteiger partial charge is 0.399 e. The topological polar surface area (TPSA) is 23.4 Å². The molecule has 0 spiro atoms. The van der Waals surface area contributed by atoms with Crippen molar-refractivity contribution in [3.05, 3.63) is 96.1 Å². The first-order valence-electron chi connectivity index (χ1n) is 13.2. The highest BCUT2D eigenvalue weighted by molar-refractivity contribution is 6.62. The van der Waals surface area contributed by atoms with Crippen LogP contribution in [0.4, 0.5) is 0 Å². The van der Waals surface area contributed by atoms with E-state index in [1.807, 2.05) is 0 Å². The molecule has 7 rings (SSSR count). The molecule has 0 radical (unpaired) electrons. The van der Waals surface area contributed by atoms with E-state index in [2.05, 4.69) is 131 Å². The monoisotopic (exact) mass is 485 g/mol. The molecule has 184 valence electrons. The van der Waals surface area contributed by atoms with Gasteiger partial charge in [0.25, 0.3) is 0 Å². The lowest BCUT2D eigenvalue weighted by Crippen LogP contribution is -2.41. The van der Waals surface area contributed by atoms with Crippen molar-refractivity contribution in [3.63, 3.8) is 0 Å². The second-order valence-corrected chi connectivity index (χ2v) is 12.1. The number of aromatic nitrogens is 1. The van der Waals surface area contributed by atoms with Crippen LogP contribution in [-0.4, -0.2) is 22.9 Å². The molecule has 3 nitrogen and oxygen atoms in total. The Kier molecular flexibility index (Phi) is 4.55. The van der Waals surface area contributed by atoms with Crippen LogP contribution in [0.5, 0.6) is 0 Å². The Morgan fingerprint density at radius 2 is 1.30 bits per heavy atom. The Morgan fingerprint density at radius 1 is 0.649 bits per heavy atom. The van der Waals surface area contributed by atoms with Crippen molar-refractivity contribution < 1.29 is 9.31 Å². The number of benzene rings is 4. The van der Waals surface area contributed by atoms with Gasteiger partial charge >= 0.3 is 7.12 Å². The predicted molar refractivity (Wildman–Crippen MR) is 154 cm³/mol. The standard InChI is InChI=1S/C33H32BNO2/c1-31(2)27-20-21(34-36-32(3,4)33(5,6)37-34)16-17-23(27)25-18-19-26-24-14-10-11-15-28(24)35(30(26)29(25)31)22-12-8-7-9-13-22/h7-20H,1-6H3. The molecule has 2 heterocycles. The second-order valence-electron chi connectivity index (χ2n) is 12.1. The largest absolute Gasteiger partial charge is 0.494 e. The van der Waals surface area contributed by atoms with Crippen molar-refractivity contribution in [2.45, 2.75) is 58.2 Å². The van der Waals surface area contributed by atoms with Gasteiger partial charge in [-0.1, -0.05) is 80.6 Å². The van der Waals surface area contributed by atoms with E-state index in [0.717, 1.165) is 5.46 Å². The molecule has 4 aromatic carbocycles. The molecular weight excluding hydrogens is 453 g/mol. The first-order chi connectivity index (χ1) is 17.6. The van der Waals surface area contributed by atoms with Gasteiger partial charge in [0.15, 0.2) is 0 Å². The van der Waals surface area contributed by atoms with Gasteiger partial charge in [-0.25, -0.2) is 0 Å². The van der Waals surface area contributed by atoms with Crippen LogP contribution in [0.1, 0.15) is 52.7 Å². The number of hydrogen-bond donors (Lipinski definition) is 0. The average molecular weight is 485 g/mol. The van der Waals surface area contributed by atoms with Gasteiger partial charge in [0.2, 0.25) is 0 Å². The summed E-state index contributed by atoms with van der Waals surface area (Å²) in [4.78, 5) is 0. The number of fused-ring (bicyclic) bond motifs is 7. The van der Waals surface area contributed by atoms with Gasteiger partial charge in [-0.15, -0.1) is 0 Å². The second kappa shape index (κ2) is 7.37.